The molecule has 106 valence electrons. The molecule has 0 heterocycles. The minimum atomic E-state index is -0.404. The Bertz CT molecular complexity index is 449. The summed E-state index contributed by atoms with van der Waals surface area (Å²) >= 11 is 0. The first-order valence-corrected chi connectivity index (χ1v) is 6.59. The molecule has 0 spiro atoms. The topological polar surface area (TPSA) is 38.3 Å². The molecule has 1 rings (SSSR count). The summed E-state index contributed by atoms with van der Waals surface area (Å²) in [6.45, 7) is 10.7. The zero-order chi connectivity index (χ0) is 14.8. The van der Waals surface area contributed by atoms with Crippen LogP contribution < -0.4 is 5.32 Å². The number of nitrogens with one attached hydrogen (secondary N) is 1. The Balaban J connectivity index is 3.34. The molecule has 0 saturated heterocycles. The number of hydrogen-bond acceptors (Lipinski definition) is 3. The molecule has 0 saturated carbocycles. The van der Waals surface area contributed by atoms with Crippen molar-refractivity contribution in [3.05, 3.63) is 34.4 Å². The van der Waals surface area contributed by atoms with Gasteiger partial charge < -0.3 is 10.1 Å². The van der Waals surface area contributed by atoms with Gasteiger partial charge in [-0.15, -0.1) is 0 Å². The van der Waals surface area contributed by atoms with Crippen molar-refractivity contribution in [1.82, 2.24) is 5.32 Å². The molecule has 0 aliphatic heterocycles. The molecule has 1 N–H and O–H groups in total. The van der Waals surface area contributed by atoms with Crippen LogP contribution in [0.4, 0.5) is 0 Å². The van der Waals surface area contributed by atoms with Crippen LogP contribution in [0.3, 0.4) is 0 Å². The summed E-state index contributed by atoms with van der Waals surface area (Å²) in [6, 6.07) is 3.92. The van der Waals surface area contributed by atoms with E-state index in [1.54, 1.807) is 7.05 Å². The molecule has 19 heavy (non-hydrogen) atoms. The van der Waals surface area contributed by atoms with Crippen LogP contribution in [0.15, 0.2) is 12.1 Å². The average molecular weight is 263 g/mol. The maximum atomic E-state index is 11.8. The fraction of sp³-hybridized carbons (Fsp3) is 0.562. The molecule has 0 fully saturated rings. The smallest absolute Gasteiger partial charge is 0.327 e. The number of methoxy groups -OCH3 is 1. The van der Waals surface area contributed by atoms with Crippen molar-refractivity contribution in [2.45, 2.75) is 46.1 Å². The van der Waals surface area contributed by atoms with E-state index in [9.17, 15) is 4.79 Å². The monoisotopic (exact) mass is 263 g/mol. The first-order valence-electron chi connectivity index (χ1n) is 6.59. The van der Waals surface area contributed by atoms with Crippen molar-refractivity contribution in [1.29, 1.82) is 0 Å². The highest BCUT2D eigenvalue weighted by Gasteiger charge is 2.25. The van der Waals surface area contributed by atoms with Gasteiger partial charge in [0.2, 0.25) is 0 Å². The number of rotatable bonds is 3. The number of likely N-dealkylation sites (N-methyl/N-ethyl adjacent to an activating group) is 1. The largest absolute Gasteiger partial charge is 0.468 e. The van der Waals surface area contributed by atoms with E-state index in [1.165, 1.54) is 12.7 Å². The summed E-state index contributed by atoms with van der Waals surface area (Å²) < 4.78 is 4.86. The van der Waals surface area contributed by atoms with Gasteiger partial charge in [-0.2, -0.15) is 0 Å². The second-order valence-corrected chi connectivity index (χ2v) is 6.02. The van der Waals surface area contributed by atoms with Gasteiger partial charge >= 0.3 is 5.97 Å². The first kappa shape index (κ1) is 15.7. The Labute approximate surface area is 116 Å². The third kappa shape index (κ3) is 3.35. The number of aryl methyl sites for hydroxylation is 2. The summed E-state index contributed by atoms with van der Waals surface area (Å²) in [4.78, 5) is 11.8. The third-order valence-corrected chi connectivity index (χ3v) is 3.47. The predicted molar refractivity (Wildman–Crippen MR) is 78.4 cm³/mol. The molecule has 0 aliphatic carbocycles. The SMILES string of the molecule is CNC(C(=O)OC)c1c(C)cc(C(C)(C)C)cc1C. The number of ether oxygens (including phenoxy) is 1. The van der Waals surface area contributed by atoms with E-state index >= 15 is 0 Å². The van der Waals surface area contributed by atoms with E-state index in [2.05, 4.69) is 38.2 Å². The second kappa shape index (κ2) is 5.74. The van der Waals surface area contributed by atoms with Crippen LogP contribution in [-0.2, 0) is 14.9 Å². The summed E-state index contributed by atoms with van der Waals surface area (Å²) in [6.07, 6.45) is 0. The molecule has 0 bridgehead atoms. The minimum Gasteiger partial charge on any atom is -0.468 e. The van der Waals surface area contributed by atoms with Gasteiger partial charge in [0.1, 0.15) is 6.04 Å². The zero-order valence-electron chi connectivity index (χ0n) is 13.0. The Kier molecular flexibility index (Phi) is 4.75. The summed E-state index contributed by atoms with van der Waals surface area (Å²) in [7, 11) is 3.19. The Morgan fingerprint density at radius 1 is 1.21 bits per heavy atom. The highest BCUT2D eigenvalue weighted by Crippen LogP contribution is 2.30. The highest BCUT2D eigenvalue weighted by molar-refractivity contribution is 5.78. The number of esters is 1. The van der Waals surface area contributed by atoms with Gasteiger partial charge in [0.15, 0.2) is 0 Å². The molecule has 1 aromatic rings. The normalized spacial score (nSPS) is 13.2. The van der Waals surface area contributed by atoms with Crippen molar-refractivity contribution in [3.8, 4) is 0 Å². The molecule has 0 aliphatic rings. The lowest BCUT2D eigenvalue weighted by molar-refractivity contribution is -0.143. The summed E-state index contributed by atoms with van der Waals surface area (Å²) in [5, 5.41) is 3.03. The van der Waals surface area contributed by atoms with Crippen LogP contribution in [0.2, 0.25) is 0 Å². The van der Waals surface area contributed by atoms with E-state index in [4.69, 9.17) is 4.74 Å². The Hall–Kier alpha value is -1.35. The van der Waals surface area contributed by atoms with Gasteiger partial charge in [-0.25, -0.2) is 4.79 Å². The van der Waals surface area contributed by atoms with Crippen molar-refractivity contribution in [2.24, 2.45) is 0 Å². The van der Waals surface area contributed by atoms with Gasteiger partial charge in [0.05, 0.1) is 7.11 Å². The molecule has 0 radical (unpaired) electrons. The van der Waals surface area contributed by atoms with E-state index in [-0.39, 0.29) is 11.4 Å². The van der Waals surface area contributed by atoms with Crippen LogP contribution in [0, 0.1) is 13.8 Å². The van der Waals surface area contributed by atoms with Gasteiger partial charge in [0.25, 0.3) is 0 Å². The third-order valence-electron chi connectivity index (χ3n) is 3.47. The number of carbonyl (C=O) groups is 1. The molecule has 3 nitrogen and oxygen atoms in total. The van der Waals surface area contributed by atoms with E-state index in [0.29, 0.717) is 0 Å². The number of hydrogen-bond donors (Lipinski definition) is 1. The van der Waals surface area contributed by atoms with Crippen molar-refractivity contribution in [3.63, 3.8) is 0 Å². The molecule has 3 heteroatoms. The fourth-order valence-electron chi connectivity index (χ4n) is 2.36. The van der Waals surface area contributed by atoms with Crippen molar-refractivity contribution < 1.29 is 9.53 Å². The first-order chi connectivity index (χ1) is 8.72. The molecular formula is C16H25NO2. The average Bonchev–Trinajstić information content (AvgIpc) is 2.31. The van der Waals surface area contributed by atoms with Gasteiger partial charge in [0, 0.05) is 0 Å². The summed E-state index contributed by atoms with van der Waals surface area (Å²) in [5.41, 5.74) is 4.65. The van der Waals surface area contributed by atoms with E-state index in [0.717, 1.165) is 16.7 Å². The quantitative estimate of drug-likeness (QED) is 0.852. The van der Waals surface area contributed by atoms with E-state index < -0.39 is 6.04 Å². The summed E-state index contributed by atoms with van der Waals surface area (Å²) in [5.74, 6) is -0.253. The molecular weight excluding hydrogens is 238 g/mol. The molecule has 1 aromatic carbocycles. The second-order valence-electron chi connectivity index (χ2n) is 6.02. The van der Waals surface area contributed by atoms with Crippen LogP contribution >= 0.6 is 0 Å². The van der Waals surface area contributed by atoms with E-state index in [1.807, 2.05) is 13.8 Å². The number of carbonyl (C=O) groups excluding carboxylic acids is 1. The molecule has 0 amide bonds. The minimum absolute atomic E-state index is 0.106. The van der Waals surface area contributed by atoms with Gasteiger partial charge in [-0.3, -0.25) is 0 Å². The Morgan fingerprint density at radius 2 is 1.68 bits per heavy atom. The highest BCUT2D eigenvalue weighted by atomic mass is 16.5. The standard InChI is InChI=1S/C16H25NO2/c1-10-8-12(16(3,4)5)9-11(2)13(10)14(17-6)15(18)19-7/h8-9,14,17H,1-7H3. The maximum Gasteiger partial charge on any atom is 0.327 e. The van der Waals surface area contributed by atoms with Gasteiger partial charge in [-0.05, 0) is 48.6 Å². The maximum absolute atomic E-state index is 11.8. The van der Waals surface area contributed by atoms with Crippen LogP contribution in [0.1, 0.15) is 49.1 Å². The van der Waals surface area contributed by atoms with Crippen molar-refractivity contribution >= 4 is 5.97 Å². The Morgan fingerprint density at radius 3 is 2.00 bits per heavy atom. The predicted octanol–water partition coefficient (Wildman–Crippen LogP) is 3.03. The molecule has 1 unspecified atom stereocenters. The van der Waals surface area contributed by atoms with Crippen LogP contribution in [-0.4, -0.2) is 20.1 Å². The van der Waals surface area contributed by atoms with Crippen LogP contribution in [0.5, 0.6) is 0 Å². The molecule has 0 aromatic heterocycles. The lowest BCUT2D eigenvalue weighted by Gasteiger charge is -2.25. The van der Waals surface area contributed by atoms with Crippen molar-refractivity contribution in [2.75, 3.05) is 14.2 Å². The fourth-order valence-corrected chi connectivity index (χ4v) is 2.36. The number of benzene rings is 1. The molecule has 1 atom stereocenters. The van der Waals surface area contributed by atoms with Crippen LogP contribution in [0.25, 0.3) is 0 Å². The zero-order valence-corrected chi connectivity index (χ0v) is 13.0. The lowest BCUT2D eigenvalue weighted by atomic mass is 9.82. The van der Waals surface area contributed by atoms with Gasteiger partial charge in [-0.1, -0.05) is 32.9 Å². The lowest BCUT2D eigenvalue weighted by Crippen LogP contribution is -2.28.